The summed E-state index contributed by atoms with van der Waals surface area (Å²) in [5, 5.41) is 9.84. The predicted octanol–water partition coefficient (Wildman–Crippen LogP) is 16.6. The molecule has 0 aliphatic rings. The zero-order valence-electron chi connectivity index (χ0n) is 34.6. The Hall–Kier alpha value is -8.18. The fourth-order valence-corrected chi connectivity index (χ4v) is 10.8. The summed E-state index contributed by atoms with van der Waals surface area (Å²) >= 11 is 1.83. The first-order valence-electron chi connectivity index (χ1n) is 21.7. The maximum atomic E-state index is 5.43. The fraction of sp³-hybridized carbons (Fsp3) is 0. The second kappa shape index (κ2) is 14.7. The lowest BCUT2D eigenvalue weighted by atomic mass is 9.91. The zero-order chi connectivity index (χ0) is 42.1. The van der Waals surface area contributed by atoms with Crippen molar-refractivity contribution in [1.82, 2.24) is 14.5 Å². The monoisotopic (exact) mass is 831 g/mol. The molecule has 3 heterocycles. The number of rotatable bonds is 6. The van der Waals surface area contributed by atoms with Crippen LogP contribution in [0.5, 0.6) is 0 Å². The van der Waals surface area contributed by atoms with Crippen LogP contribution in [0.3, 0.4) is 0 Å². The molecule has 0 spiro atoms. The number of thiophene rings is 1. The van der Waals surface area contributed by atoms with Gasteiger partial charge in [-0.25, -0.2) is 9.97 Å². The van der Waals surface area contributed by atoms with Crippen LogP contribution < -0.4 is 0 Å². The van der Waals surface area contributed by atoms with Gasteiger partial charge in [0.15, 0.2) is 5.82 Å². The molecule has 0 atom stereocenters. The maximum absolute atomic E-state index is 5.43. The summed E-state index contributed by atoms with van der Waals surface area (Å²) in [6, 6.07) is 81.2. The van der Waals surface area contributed by atoms with E-state index in [2.05, 4.69) is 223 Å². The first-order chi connectivity index (χ1) is 31.7. The number of para-hydroxylation sites is 1. The van der Waals surface area contributed by atoms with E-state index in [1.54, 1.807) is 0 Å². The average Bonchev–Trinajstić information content (AvgIpc) is 3.91. The topological polar surface area (TPSA) is 30.7 Å². The molecular weight excluding hydrogens is 795 g/mol. The van der Waals surface area contributed by atoms with Crippen LogP contribution in [0.4, 0.5) is 0 Å². The molecule has 0 fully saturated rings. The van der Waals surface area contributed by atoms with Crippen molar-refractivity contribution in [2.45, 2.75) is 0 Å². The van der Waals surface area contributed by atoms with Crippen molar-refractivity contribution in [2.24, 2.45) is 0 Å². The Balaban J connectivity index is 1.11. The second-order valence-electron chi connectivity index (χ2n) is 16.5. The Morgan fingerprint density at radius 3 is 1.75 bits per heavy atom. The quantitative estimate of drug-likeness (QED) is 0.156. The molecule has 3 nitrogen and oxygen atoms in total. The summed E-state index contributed by atoms with van der Waals surface area (Å²) in [6.45, 7) is 0. The summed E-state index contributed by atoms with van der Waals surface area (Å²) in [5.41, 5.74) is 12.8. The van der Waals surface area contributed by atoms with E-state index in [9.17, 15) is 0 Å². The molecule has 0 radical (unpaired) electrons. The standard InChI is InChI=1S/C60H37N3S/c1-3-15-38(16-4-1)40-27-29-50-49-23-11-13-25-56(49)63(57(50)36-40)45-32-43(52-34-41-19-7-8-20-46(41)47-21-9-10-22-48(47)52)31-44(33-45)55-37-54(61-60(62-55)39-17-5-2-6-18-39)42-28-30-59-53(35-42)51-24-12-14-26-58(51)64-59/h1-37H. The van der Waals surface area contributed by atoms with Crippen molar-refractivity contribution in [1.29, 1.82) is 0 Å². The van der Waals surface area contributed by atoms with Crippen molar-refractivity contribution in [3.05, 3.63) is 224 Å². The number of benzene rings is 10. The largest absolute Gasteiger partial charge is 0.309 e. The second-order valence-corrected chi connectivity index (χ2v) is 17.6. The first-order valence-corrected chi connectivity index (χ1v) is 22.5. The molecule has 0 amide bonds. The van der Waals surface area contributed by atoms with Crippen molar-refractivity contribution in [3.63, 3.8) is 0 Å². The van der Waals surface area contributed by atoms with Crippen LogP contribution in [-0.2, 0) is 0 Å². The fourth-order valence-electron chi connectivity index (χ4n) is 9.74. The van der Waals surface area contributed by atoms with Crippen molar-refractivity contribution in [2.75, 3.05) is 0 Å². The third-order valence-corrected chi connectivity index (χ3v) is 13.9. The molecule has 10 aromatic carbocycles. The molecule has 13 aromatic rings. The van der Waals surface area contributed by atoms with Crippen molar-refractivity contribution < 1.29 is 0 Å². The maximum Gasteiger partial charge on any atom is 0.160 e. The molecule has 0 saturated carbocycles. The van der Waals surface area contributed by atoms with Crippen molar-refractivity contribution >= 4 is 74.9 Å². The van der Waals surface area contributed by atoms with Crippen LogP contribution >= 0.6 is 11.3 Å². The molecule has 4 heteroatoms. The van der Waals surface area contributed by atoms with Crippen LogP contribution in [0.2, 0.25) is 0 Å². The van der Waals surface area contributed by atoms with Crippen LogP contribution in [0, 0.1) is 0 Å². The molecule has 0 aliphatic heterocycles. The summed E-state index contributed by atoms with van der Waals surface area (Å²) in [5.74, 6) is 0.691. The van der Waals surface area contributed by atoms with E-state index in [-0.39, 0.29) is 0 Å². The highest BCUT2D eigenvalue weighted by molar-refractivity contribution is 7.25. The van der Waals surface area contributed by atoms with E-state index >= 15 is 0 Å². The molecule has 0 bridgehead atoms. The minimum absolute atomic E-state index is 0.691. The van der Waals surface area contributed by atoms with E-state index < -0.39 is 0 Å². The third-order valence-electron chi connectivity index (χ3n) is 12.8. The summed E-state index contributed by atoms with van der Waals surface area (Å²) < 4.78 is 5.00. The van der Waals surface area contributed by atoms with Gasteiger partial charge in [0.25, 0.3) is 0 Å². The molecule has 13 rings (SSSR count). The number of aromatic nitrogens is 3. The summed E-state index contributed by atoms with van der Waals surface area (Å²) in [7, 11) is 0. The van der Waals surface area contributed by atoms with Crippen LogP contribution in [0.25, 0.3) is 125 Å². The first kappa shape index (κ1) is 36.5. The van der Waals surface area contributed by atoms with Gasteiger partial charge in [-0.1, -0.05) is 164 Å². The molecular formula is C60H37N3S. The van der Waals surface area contributed by atoms with Gasteiger partial charge in [-0.15, -0.1) is 11.3 Å². The van der Waals surface area contributed by atoms with E-state index in [1.165, 1.54) is 69.2 Å². The Bertz CT molecular complexity index is 3960. The van der Waals surface area contributed by atoms with E-state index in [0.717, 1.165) is 50.4 Å². The number of nitrogens with zero attached hydrogens (tertiary/aromatic N) is 3. The zero-order valence-corrected chi connectivity index (χ0v) is 35.4. The number of hydrogen-bond acceptors (Lipinski definition) is 3. The van der Waals surface area contributed by atoms with Gasteiger partial charge in [-0.2, -0.15) is 0 Å². The predicted molar refractivity (Wildman–Crippen MR) is 271 cm³/mol. The Morgan fingerprint density at radius 1 is 0.312 bits per heavy atom. The highest BCUT2D eigenvalue weighted by atomic mass is 32.1. The van der Waals surface area contributed by atoms with E-state index in [0.29, 0.717) is 5.82 Å². The van der Waals surface area contributed by atoms with Crippen LogP contribution in [-0.4, -0.2) is 14.5 Å². The molecule has 0 N–H and O–H groups in total. The summed E-state index contributed by atoms with van der Waals surface area (Å²) in [6.07, 6.45) is 0. The smallest absolute Gasteiger partial charge is 0.160 e. The molecule has 0 saturated heterocycles. The van der Waals surface area contributed by atoms with E-state index in [4.69, 9.17) is 9.97 Å². The van der Waals surface area contributed by atoms with Crippen LogP contribution in [0.15, 0.2) is 224 Å². The van der Waals surface area contributed by atoms with Gasteiger partial charge in [0.2, 0.25) is 0 Å². The lowest BCUT2D eigenvalue weighted by Crippen LogP contribution is -1.99. The molecule has 0 aliphatic carbocycles. The Morgan fingerprint density at radius 2 is 0.922 bits per heavy atom. The van der Waals surface area contributed by atoms with Gasteiger partial charge in [-0.05, 0) is 104 Å². The normalized spacial score (nSPS) is 11.8. The van der Waals surface area contributed by atoms with E-state index in [1.807, 2.05) is 17.4 Å². The van der Waals surface area contributed by atoms with Gasteiger partial charge >= 0.3 is 0 Å². The minimum Gasteiger partial charge on any atom is -0.309 e. The minimum atomic E-state index is 0.691. The number of fused-ring (bicyclic) bond motifs is 9. The molecule has 64 heavy (non-hydrogen) atoms. The summed E-state index contributed by atoms with van der Waals surface area (Å²) in [4.78, 5) is 10.7. The Labute approximate surface area is 373 Å². The van der Waals surface area contributed by atoms with Gasteiger partial charge in [0.05, 0.1) is 22.4 Å². The Kier molecular flexibility index (Phi) is 8.40. The lowest BCUT2D eigenvalue weighted by Gasteiger charge is -2.17. The molecule has 298 valence electrons. The highest BCUT2D eigenvalue weighted by Gasteiger charge is 2.19. The number of hydrogen-bond donors (Lipinski definition) is 0. The van der Waals surface area contributed by atoms with Gasteiger partial charge in [-0.3, -0.25) is 0 Å². The molecule has 0 unspecified atom stereocenters. The van der Waals surface area contributed by atoms with Crippen molar-refractivity contribution in [3.8, 4) is 61.8 Å². The van der Waals surface area contributed by atoms with Gasteiger partial charge in [0, 0.05) is 53.3 Å². The SMILES string of the molecule is c1ccc(-c2ccc3c4ccccc4n(-c4cc(-c5cc(-c6ccc7sc8ccccc8c7c6)nc(-c6ccccc6)n5)cc(-c5cc6ccccc6c6ccccc56)c4)c3c2)cc1. The highest BCUT2D eigenvalue weighted by Crippen LogP contribution is 2.42. The third kappa shape index (κ3) is 6.03. The molecule has 3 aromatic heterocycles. The van der Waals surface area contributed by atoms with Gasteiger partial charge < -0.3 is 4.57 Å². The van der Waals surface area contributed by atoms with Gasteiger partial charge in [0.1, 0.15) is 0 Å². The van der Waals surface area contributed by atoms with Crippen LogP contribution in [0.1, 0.15) is 0 Å². The lowest BCUT2D eigenvalue weighted by molar-refractivity contribution is 1.17. The average molecular weight is 832 g/mol.